The van der Waals surface area contributed by atoms with E-state index in [0.717, 1.165) is 22.4 Å². The van der Waals surface area contributed by atoms with Crippen molar-refractivity contribution in [2.75, 3.05) is 0 Å². The molecule has 1 atom stereocenters. The first-order valence-corrected chi connectivity index (χ1v) is 7.33. The van der Waals surface area contributed by atoms with Crippen LogP contribution in [0.5, 0.6) is 0 Å². The van der Waals surface area contributed by atoms with E-state index in [1.165, 1.54) is 0 Å². The fraction of sp³-hybridized carbons (Fsp3) is 0.278. The van der Waals surface area contributed by atoms with E-state index >= 15 is 0 Å². The van der Waals surface area contributed by atoms with Gasteiger partial charge >= 0.3 is 0 Å². The second kappa shape index (κ2) is 5.01. The fourth-order valence-corrected chi connectivity index (χ4v) is 2.85. The van der Waals surface area contributed by atoms with Crippen LogP contribution in [0.1, 0.15) is 38.2 Å². The minimum absolute atomic E-state index is 0.305. The second-order valence-electron chi connectivity index (χ2n) is 5.96. The Morgan fingerprint density at radius 3 is 2.29 bits per heavy atom. The molecule has 0 spiro atoms. The van der Waals surface area contributed by atoms with Gasteiger partial charge in [-0.25, -0.2) is 4.98 Å². The molecule has 3 aromatic rings. The van der Waals surface area contributed by atoms with Crippen molar-refractivity contribution in [2.24, 2.45) is 5.73 Å². The van der Waals surface area contributed by atoms with Gasteiger partial charge in [-0.1, -0.05) is 42.5 Å². The predicted octanol–water partition coefficient (Wildman–Crippen LogP) is 3.84. The molecule has 0 amide bonds. The molecule has 0 fully saturated rings. The zero-order chi connectivity index (χ0) is 15.0. The van der Waals surface area contributed by atoms with Gasteiger partial charge < -0.3 is 10.3 Å². The lowest BCUT2D eigenvalue weighted by atomic mass is 9.92. The van der Waals surface area contributed by atoms with E-state index in [1.807, 2.05) is 43.3 Å². The molecule has 108 valence electrons. The van der Waals surface area contributed by atoms with Gasteiger partial charge in [0.1, 0.15) is 5.82 Å². The summed E-state index contributed by atoms with van der Waals surface area (Å²) in [6.45, 7) is 6.36. The number of nitrogens with zero attached hydrogens (tertiary/aromatic N) is 2. The van der Waals surface area contributed by atoms with E-state index in [-0.39, 0.29) is 0 Å². The summed E-state index contributed by atoms with van der Waals surface area (Å²) >= 11 is 0. The number of nitrogens with two attached hydrogens (primary N) is 1. The van der Waals surface area contributed by atoms with Crippen LogP contribution in [0.4, 0.5) is 0 Å². The average Bonchev–Trinajstić information content (AvgIpc) is 2.88. The van der Waals surface area contributed by atoms with Crippen molar-refractivity contribution in [3.05, 3.63) is 66.0 Å². The van der Waals surface area contributed by atoms with Gasteiger partial charge in [0.15, 0.2) is 0 Å². The van der Waals surface area contributed by atoms with Crippen molar-refractivity contribution in [3.8, 4) is 0 Å². The van der Waals surface area contributed by atoms with Gasteiger partial charge in [0.2, 0.25) is 0 Å². The smallest absolute Gasteiger partial charge is 0.134 e. The first kappa shape index (κ1) is 13.8. The summed E-state index contributed by atoms with van der Waals surface area (Å²) < 4.78 is 2.24. The zero-order valence-corrected chi connectivity index (χ0v) is 12.7. The number of aromatic nitrogens is 2. The monoisotopic (exact) mass is 279 g/mol. The van der Waals surface area contributed by atoms with E-state index in [4.69, 9.17) is 10.7 Å². The molecule has 3 rings (SSSR count). The van der Waals surface area contributed by atoms with Crippen molar-refractivity contribution >= 4 is 11.0 Å². The van der Waals surface area contributed by atoms with Crippen LogP contribution in [0.25, 0.3) is 11.0 Å². The van der Waals surface area contributed by atoms with Gasteiger partial charge in [-0.3, -0.25) is 0 Å². The summed E-state index contributed by atoms with van der Waals surface area (Å²) in [5, 5.41) is 0. The van der Waals surface area contributed by atoms with Crippen LogP contribution in [-0.2, 0) is 5.54 Å². The summed E-state index contributed by atoms with van der Waals surface area (Å²) in [6.07, 6.45) is 0. The molecule has 21 heavy (non-hydrogen) atoms. The number of hydrogen-bond donors (Lipinski definition) is 1. The molecule has 2 aromatic carbocycles. The molecule has 1 heterocycles. The van der Waals surface area contributed by atoms with Crippen LogP contribution in [0, 0.1) is 0 Å². The highest BCUT2D eigenvalue weighted by Gasteiger charge is 2.30. The van der Waals surface area contributed by atoms with E-state index < -0.39 is 5.54 Å². The van der Waals surface area contributed by atoms with Crippen LogP contribution in [0.15, 0.2) is 54.6 Å². The maximum absolute atomic E-state index is 6.68. The van der Waals surface area contributed by atoms with Gasteiger partial charge in [0.05, 0.1) is 16.6 Å². The Labute approximate surface area is 125 Å². The van der Waals surface area contributed by atoms with Crippen LogP contribution in [0.2, 0.25) is 0 Å². The molecule has 2 N–H and O–H groups in total. The number of imidazole rings is 1. The number of hydrogen-bond acceptors (Lipinski definition) is 2. The Morgan fingerprint density at radius 1 is 1.00 bits per heavy atom. The molecule has 3 heteroatoms. The van der Waals surface area contributed by atoms with Crippen molar-refractivity contribution in [1.29, 1.82) is 0 Å². The Kier molecular flexibility index (Phi) is 3.30. The molecule has 0 saturated heterocycles. The first-order valence-electron chi connectivity index (χ1n) is 7.33. The van der Waals surface area contributed by atoms with Crippen molar-refractivity contribution in [3.63, 3.8) is 0 Å². The minimum atomic E-state index is -0.620. The largest absolute Gasteiger partial charge is 0.324 e. The number of benzene rings is 2. The van der Waals surface area contributed by atoms with Gasteiger partial charge in [-0.05, 0) is 38.5 Å². The quantitative estimate of drug-likeness (QED) is 0.791. The number of para-hydroxylation sites is 2. The van der Waals surface area contributed by atoms with E-state index in [0.29, 0.717) is 6.04 Å². The van der Waals surface area contributed by atoms with E-state index in [2.05, 4.69) is 36.6 Å². The lowest BCUT2D eigenvalue weighted by Gasteiger charge is -2.27. The van der Waals surface area contributed by atoms with E-state index in [9.17, 15) is 0 Å². The Bertz CT molecular complexity index is 754. The Balaban J connectivity index is 2.27. The molecule has 0 aliphatic carbocycles. The second-order valence-corrected chi connectivity index (χ2v) is 5.96. The van der Waals surface area contributed by atoms with Crippen LogP contribution in [0.3, 0.4) is 0 Å². The molecule has 0 aliphatic heterocycles. The summed E-state index contributed by atoms with van der Waals surface area (Å²) in [6, 6.07) is 18.7. The third-order valence-corrected chi connectivity index (χ3v) is 3.95. The molecule has 3 nitrogen and oxygen atoms in total. The van der Waals surface area contributed by atoms with Crippen molar-refractivity contribution < 1.29 is 0 Å². The number of fused-ring (bicyclic) bond motifs is 1. The Hall–Kier alpha value is -2.13. The Morgan fingerprint density at radius 2 is 1.62 bits per heavy atom. The van der Waals surface area contributed by atoms with Gasteiger partial charge in [-0.15, -0.1) is 0 Å². The lowest BCUT2D eigenvalue weighted by molar-refractivity contribution is 0.485. The van der Waals surface area contributed by atoms with Gasteiger partial charge in [-0.2, -0.15) is 0 Å². The molecular formula is C18H21N3. The SMILES string of the molecule is CC(C)n1c(C(C)(N)c2ccccc2)nc2ccccc21. The molecule has 0 aliphatic rings. The molecule has 0 bridgehead atoms. The summed E-state index contributed by atoms with van der Waals surface area (Å²) in [4.78, 5) is 4.82. The highest BCUT2D eigenvalue weighted by molar-refractivity contribution is 5.76. The minimum Gasteiger partial charge on any atom is -0.324 e. The highest BCUT2D eigenvalue weighted by Crippen LogP contribution is 2.31. The summed E-state index contributed by atoms with van der Waals surface area (Å²) in [5.74, 6) is 0.907. The first-order chi connectivity index (χ1) is 10.0. The third kappa shape index (κ3) is 2.24. The van der Waals surface area contributed by atoms with Crippen LogP contribution in [-0.4, -0.2) is 9.55 Å². The highest BCUT2D eigenvalue weighted by atomic mass is 15.1. The topological polar surface area (TPSA) is 43.8 Å². The van der Waals surface area contributed by atoms with E-state index in [1.54, 1.807) is 0 Å². The standard InChI is InChI=1S/C18H21N3/c1-13(2)21-16-12-8-7-11-15(16)20-17(21)18(3,19)14-9-5-4-6-10-14/h4-13H,19H2,1-3H3. The van der Waals surface area contributed by atoms with Crippen LogP contribution < -0.4 is 5.73 Å². The van der Waals surface area contributed by atoms with Crippen molar-refractivity contribution in [1.82, 2.24) is 9.55 Å². The third-order valence-electron chi connectivity index (χ3n) is 3.95. The lowest BCUT2D eigenvalue weighted by Crippen LogP contribution is -2.37. The van der Waals surface area contributed by atoms with Gasteiger partial charge in [0.25, 0.3) is 0 Å². The molecule has 1 aromatic heterocycles. The van der Waals surface area contributed by atoms with Crippen molar-refractivity contribution in [2.45, 2.75) is 32.4 Å². The molecule has 1 unspecified atom stereocenters. The average molecular weight is 279 g/mol. The maximum atomic E-state index is 6.68. The fourth-order valence-electron chi connectivity index (χ4n) is 2.85. The van der Waals surface area contributed by atoms with Crippen LogP contribution >= 0.6 is 0 Å². The number of rotatable bonds is 3. The molecule has 0 radical (unpaired) electrons. The summed E-state index contributed by atoms with van der Waals surface area (Å²) in [7, 11) is 0. The maximum Gasteiger partial charge on any atom is 0.134 e. The predicted molar refractivity (Wildman–Crippen MR) is 87.2 cm³/mol. The van der Waals surface area contributed by atoms with Gasteiger partial charge in [0, 0.05) is 6.04 Å². The summed E-state index contributed by atoms with van der Waals surface area (Å²) in [5.41, 5.74) is 9.26. The molecular weight excluding hydrogens is 258 g/mol. The normalized spacial score (nSPS) is 14.5. The zero-order valence-electron chi connectivity index (χ0n) is 12.7. The molecule has 0 saturated carbocycles.